The third kappa shape index (κ3) is 1.63. The second-order valence-corrected chi connectivity index (χ2v) is 3.05. The summed E-state index contributed by atoms with van der Waals surface area (Å²) < 4.78 is 18.0. The molecule has 5 heteroatoms. The van der Waals surface area contributed by atoms with E-state index < -0.39 is 5.82 Å². The van der Waals surface area contributed by atoms with E-state index in [1.807, 2.05) is 0 Å². The molecule has 78 valence electrons. The third-order valence-electron chi connectivity index (χ3n) is 2.11. The average molecular weight is 207 g/mol. The molecule has 0 radical (unpaired) electrons. The Morgan fingerprint density at radius 3 is 2.87 bits per heavy atom. The van der Waals surface area contributed by atoms with Crippen molar-refractivity contribution in [3.8, 4) is 17.0 Å². The van der Waals surface area contributed by atoms with Gasteiger partial charge in [0, 0.05) is 5.56 Å². The van der Waals surface area contributed by atoms with Crippen LogP contribution in [0.1, 0.15) is 0 Å². The first-order valence-electron chi connectivity index (χ1n) is 4.35. The van der Waals surface area contributed by atoms with E-state index in [0.717, 1.165) is 5.56 Å². The summed E-state index contributed by atoms with van der Waals surface area (Å²) in [6.07, 6.45) is 1.51. The Morgan fingerprint density at radius 1 is 1.47 bits per heavy atom. The topological polar surface area (TPSA) is 63.9 Å². The number of nitrogens with zero attached hydrogens (tertiary/aromatic N) is 1. The number of nitrogens with two attached hydrogens (primary N) is 1. The molecule has 0 fully saturated rings. The van der Waals surface area contributed by atoms with Crippen LogP contribution in [0.15, 0.2) is 24.4 Å². The van der Waals surface area contributed by atoms with Crippen LogP contribution in [-0.4, -0.2) is 17.3 Å². The molecule has 3 N–H and O–H groups in total. The smallest absolute Gasteiger partial charge is 0.165 e. The van der Waals surface area contributed by atoms with Gasteiger partial charge in [0.2, 0.25) is 0 Å². The van der Waals surface area contributed by atoms with Crippen LogP contribution in [0.5, 0.6) is 5.75 Å². The number of anilines is 1. The summed E-state index contributed by atoms with van der Waals surface area (Å²) in [6, 6.07) is 4.51. The first-order chi connectivity index (χ1) is 7.22. The number of aromatic amines is 1. The quantitative estimate of drug-likeness (QED) is 0.789. The summed E-state index contributed by atoms with van der Waals surface area (Å²) in [5.41, 5.74) is 7.59. The number of nitrogen functional groups attached to an aromatic ring is 1. The van der Waals surface area contributed by atoms with Gasteiger partial charge in [-0.05, 0) is 18.2 Å². The van der Waals surface area contributed by atoms with Crippen LogP contribution < -0.4 is 10.5 Å². The fraction of sp³-hybridized carbons (Fsp3) is 0.100. The Bertz CT molecular complexity index is 481. The predicted octanol–water partition coefficient (Wildman–Crippen LogP) is 1.81. The molecule has 0 aliphatic rings. The molecule has 1 heterocycles. The summed E-state index contributed by atoms with van der Waals surface area (Å²) >= 11 is 0. The number of ether oxygens (including phenoxy) is 1. The normalized spacial score (nSPS) is 10.3. The summed E-state index contributed by atoms with van der Waals surface area (Å²) in [5.74, 6) is -0.221. The number of halogens is 1. The van der Waals surface area contributed by atoms with Gasteiger partial charge in [0.05, 0.1) is 24.7 Å². The van der Waals surface area contributed by atoms with Crippen molar-refractivity contribution in [1.82, 2.24) is 10.2 Å². The maximum absolute atomic E-state index is 13.1. The SMILES string of the molecule is COc1cc(-c2[nH]ncc2N)ccc1F. The van der Waals surface area contributed by atoms with E-state index in [2.05, 4.69) is 10.2 Å². The minimum atomic E-state index is -0.403. The predicted molar refractivity (Wildman–Crippen MR) is 54.9 cm³/mol. The van der Waals surface area contributed by atoms with E-state index >= 15 is 0 Å². The largest absolute Gasteiger partial charge is 0.494 e. The van der Waals surface area contributed by atoms with Gasteiger partial charge in [-0.2, -0.15) is 5.10 Å². The molecule has 0 atom stereocenters. The molecular weight excluding hydrogens is 197 g/mol. The van der Waals surface area contributed by atoms with Gasteiger partial charge >= 0.3 is 0 Å². The van der Waals surface area contributed by atoms with Gasteiger partial charge in [-0.3, -0.25) is 5.10 Å². The summed E-state index contributed by atoms with van der Waals surface area (Å²) in [5, 5.41) is 6.53. The minimum absolute atomic E-state index is 0.182. The molecule has 2 rings (SSSR count). The number of benzene rings is 1. The van der Waals surface area contributed by atoms with Crippen molar-refractivity contribution < 1.29 is 9.13 Å². The molecule has 0 saturated heterocycles. The highest BCUT2D eigenvalue weighted by molar-refractivity contribution is 5.72. The van der Waals surface area contributed by atoms with Crippen LogP contribution in [0.3, 0.4) is 0 Å². The highest BCUT2D eigenvalue weighted by atomic mass is 19.1. The van der Waals surface area contributed by atoms with Crippen LogP contribution in [-0.2, 0) is 0 Å². The molecule has 0 bridgehead atoms. The molecule has 0 saturated carbocycles. The number of aromatic nitrogens is 2. The van der Waals surface area contributed by atoms with E-state index in [1.54, 1.807) is 12.1 Å². The van der Waals surface area contributed by atoms with Gasteiger partial charge in [-0.1, -0.05) is 0 Å². The van der Waals surface area contributed by atoms with Crippen LogP contribution in [0.2, 0.25) is 0 Å². The van der Waals surface area contributed by atoms with E-state index in [1.165, 1.54) is 19.4 Å². The molecular formula is C10H10FN3O. The van der Waals surface area contributed by atoms with Crippen molar-refractivity contribution in [2.75, 3.05) is 12.8 Å². The Balaban J connectivity index is 2.51. The molecule has 0 unspecified atom stereocenters. The highest BCUT2D eigenvalue weighted by Crippen LogP contribution is 2.27. The molecule has 2 aromatic rings. The van der Waals surface area contributed by atoms with Gasteiger partial charge in [0.25, 0.3) is 0 Å². The van der Waals surface area contributed by atoms with E-state index in [-0.39, 0.29) is 5.75 Å². The standard InChI is InChI=1S/C10H10FN3O/c1-15-9-4-6(2-3-7(9)11)10-8(12)5-13-14-10/h2-5H,12H2,1H3,(H,13,14). The average Bonchev–Trinajstić information content (AvgIpc) is 2.65. The van der Waals surface area contributed by atoms with Gasteiger partial charge in [-0.25, -0.2) is 4.39 Å². The minimum Gasteiger partial charge on any atom is -0.494 e. The summed E-state index contributed by atoms with van der Waals surface area (Å²) in [4.78, 5) is 0. The fourth-order valence-corrected chi connectivity index (χ4v) is 1.34. The number of nitrogens with one attached hydrogen (secondary N) is 1. The lowest BCUT2D eigenvalue weighted by molar-refractivity contribution is 0.387. The molecule has 1 aromatic heterocycles. The Kier molecular flexibility index (Phi) is 2.29. The zero-order chi connectivity index (χ0) is 10.8. The number of hydrogen-bond acceptors (Lipinski definition) is 3. The van der Waals surface area contributed by atoms with Gasteiger partial charge in [-0.15, -0.1) is 0 Å². The Labute approximate surface area is 85.9 Å². The van der Waals surface area contributed by atoms with E-state index in [0.29, 0.717) is 11.4 Å². The second-order valence-electron chi connectivity index (χ2n) is 3.05. The summed E-state index contributed by atoms with van der Waals surface area (Å²) in [7, 11) is 1.42. The lowest BCUT2D eigenvalue weighted by atomic mass is 10.1. The lowest BCUT2D eigenvalue weighted by Gasteiger charge is -2.04. The molecule has 0 amide bonds. The van der Waals surface area contributed by atoms with Crippen LogP contribution in [0.4, 0.5) is 10.1 Å². The van der Waals surface area contributed by atoms with Crippen molar-refractivity contribution in [2.24, 2.45) is 0 Å². The van der Waals surface area contributed by atoms with Crippen LogP contribution >= 0.6 is 0 Å². The highest BCUT2D eigenvalue weighted by Gasteiger charge is 2.08. The second kappa shape index (κ2) is 3.61. The molecule has 0 spiro atoms. The zero-order valence-corrected chi connectivity index (χ0v) is 8.12. The first kappa shape index (κ1) is 9.51. The molecule has 4 nitrogen and oxygen atoms in total. The van der Waals surface area contributed by atoms with Crippen molar-refractivity contribution in [1.29, 1.82) is 0 Å². The number of hydrogen-bond donors (Lipinski definition) is 2. The Hall–Kier alpha value is -2.04. The third-order valence-corrected chi connectivity index (χ3v) is 2.11. The van der Waals surface area contributed by atoms with Crippen molar-refractivity contribution >= 4 is 5.69 Å². The van der Waals surface area contributed by atoms with Crippen molar-refractivity contribution in [3.63, 3.8) is 0 Å². The number of H-pyrrole nitrogens is 1. The van der Waals surface area contributed by atoms with Gasteiger partial charge < -0.3 is 10.5 Å². The molecule has 1 aromatic carbocycles. The van der Waals surface area contributed by atoms with Crippen molar-refractivity contribution in [3.05, 3.63) is 30.2 Å². The van der Waals surface area contributed by atoms with Crippen LogP contribution in [0.25, 0.3) is 11.3 Å². The summed E-state index contributed by atoms with van der Waals surface area (Å²) in [6.45, 7) is 0. The zero-order valence-electron chi connectivity index (χ0n) is 8.12. The molecule has 15 heavy (non-hydrogen) atoms. The maximum atomic E-state index is 13.1. The maximum Gasteiger partial charge on any atom is 0.165 e. The van der Waals surface area contributed by atoms with E-state index in [4.69, 9.17) is 10.5 Å². The fourth-order valence-electron chi connectivity index (χ4n) is 1.34. The monoisotopic (exact) mass is 207 g/mol. The van der Waals surface area contributed by atoms with E-state index in [9.17, 15) is 4.39 Å². The lowest BCUT2D eigenvalue weighted by Crippen LogP contribution is -1.91. The van der Waals surface area contributed by atoms with Gasteiger partial charge in [0.15, 0.2) is 11.6 Å². The molecule has 0 aliphatic heterocycles. The Morgan fingerprint density at radius 2 is 2.27 bits per heavy atom. The number of methoxy groups -OCH3 is 1. The number of rotatable bonds is 2. The van der Waals surface area contributed by atoms with Crippen LogP contribution in [0, 0.1) is 5.82 Å². The van der Waals surface area contributed by atoms with Gasteiger partial charge in [0.1, 0.15) is 0 Å². The van der Waals surface area contributed by atoms with Crippen molar-refractivity contribution in [2.45, 2.75) is 0 Å². The molecule has 0 aliphatic carbocycles. The first-order valence-corrected chi connectivity index (χ1v) is 4.35.